The number of ether oxygens (including phenoxy) is 2. The molecule has 0 unspecified atom stereocenters. The number of pyridine rings is 1. The van der Waals surface area contributed by atoms with Crippen LogP contribution in [0.25, 0.3) is 0 Å². The minimum absolute atomic E-state index is 0.0103. The fourth-order valence-corrected chi connectivity index (χ4v) is 1.83. The number of aromatic nitrogens is 1. The van der Waals surface area contributed by atoms with Crippen LogP contribution >= 0.6 is 0 Å². The van der Waals surface area contributed by atoms with Crippen LogP contribution in [0.4, 0.5) is 13.2 Å². The molecule has 21 heavy (non-hydrogen) atoms. The molecule has 0 spiro atoms. The van der Waals surface area contributed by atoms with Crippen molar-refractivity contribution in [2.75, 3.05) is 19.8 Å². The molecule has 8 heteroatoms. The Kier molecular flexibility index (Phi) is 5.00. The van der Waals surface area contributed by atoms with Crippen molar-refractivity contribution in [1.29, 1.82) is 0 Å². The molecule has 0 bridgehead atoms. The van der Waals surface area contributed by atoms with E-state index in [1.807, 2.05) is 0 Å². The summed E-state index contributed by atoms with van der Waals surface area (Å²) in [6.45, 7) is -0.114. The first-order valence-corrected chi connectivity index (χ1v) is 6.49. The van der Waals surface area contributed by atoms with Gasteiger partial charge in [-0.25, -0.2) is 4.98 Å². The Bertz CT molecular complexity index is 471. The smallest absolute Gasteiger partial charge is 0.405 e. The van der Waals surface area contributed by atoms with Gasteiger partial charge >= 0.3 is 6.18 Å². The second-order valence-electron chi connectivity index (χ2n) is 4.61. The second-order valence-corrected chi connectivity index (χ2v) is 4.61. The SMILES string of the molecule is O=C(NCC(F)(F)F)c1ccc(OC2CCOCC2)nc1. The van der Waals surface area contributed by atoms with Crippen molar-refractivity contribution in [2.45, 2.75) is 25.1 Å². The van der Waals surface area contributed by atoms with E-state index in [0.29, 0.717) is 19.1 Å². The number of hydrogen-bond donors (Lipinski definition) is 1. The number of carbonyl (C=O) groups excluding carboxylic acids is 1. The summed E-state index contributed by atoms with van der Waals surface area (Å²) in [4.78, 5) is 15.4. The molecule has 0 radical (unpaired) electrons. The van der Waals surface area contributed by atoms with Gasteiger partial charge in [0.15, 0.2) is 0 Å². The lowest BCUT2D eigenvalue weighted by Gasteiger charge is -2.22. The molecule has 1 aromatic heterocycles. The number of rotatable bonds is 4. The highest BCUT2D eigenvalue weighted by molar-refractivity contribution is 5.93. The molecule has 1 amide bonds. The Labute approximate surface area is 119 Å². The van der Waals surface area contributed by atoms with Gasteiger partial charge < -0.3 is 14.8 Å². The maximum Gasteiger partial charge on any atom is 0.405 e. The average Bonchev–Trinajstić information content (AvgIpc) is 2.46. The molecule has 1 aromatic rings. The van der Waals surface area contributed by atoms with Crippen molar-refractivity contribution >= 4 is 5.91 Å². The number of nitrogens with zero attached hydrogens (tertiary/aromatic N) is 1. The van der Waals surface area contributed by atoms with E-state index in [-0.39, 0.29) is 11.7 Å². The predicted molar refractivity (Wildman–Crippen MR) is 67.1 cm³/mol. The van der Waals surface area contributed by atoms with E-state index >= 15 is 0 Å². The number of alkyl halides is 3. The zero-order chi connectivity index (χ0) is 15.3. The molecule has 116 valence electrons. The van der Waals surface area contributed by atoms with Gasteiger partial charge in [0, 0.05) is 25.1 Å². The van der Waals surface area contributed by atoms with Crippen LogP contribution < -0.4 is 10.1 Å². The quantitative estimate of drug-likeness (QED) is 0.923. The van der Waals surface area contributed by atoms with Crippen LogP contribution in [0.3, 0.4) is 0 Å². The number of halogens is 3. The largest absolute Gasteiger partial charge is 0.474 e. The summed E-state index contributed by atoms with van der Waals surface area (Å²) < 4.78 is 46.8. The van der Waals surface area contributed by atoms with E-state index < -0.39 is 18.6 Å². The monoisotopic (exact) mass is 304 g/mol. The maximum atomic E-state index is 12.0. The third-order valence-corrected chi connectivity index (χ3v) is 2.90. The summed E-state index contributed by atoms with van der Waals surface area (Å²) in [6.07, 6.45) is -1.71. The molecule has 2 rings (SSSR count). The number of hydrogen-bond acceptors (Lipinski definition) is 4. The Balaban J connectivity index is 1.87. The van der Waals surface area contributed by atoms with Gasteiger partial charge in [0.1, 0.15) is 12.6 Å². The Hall–Kier alpha value is -1.83. The Morgan fingerprint density at radius 2 is 2.10 bits per heavy atom. The third kappa shape index (κ3) is 5.22. The maximum absolute atomic E-state index is 12.0. The molecule has 0 aromatic carbocycles. The molecular formula is C13H15F3N2O3. The fourth-order valence-electron chi connectivity index (χ4n) is 1.83. The van der Waals surface area contributed by atoms with Gasteiger partial charge in [-0.1, -0.05) is 0 Å². The van der Waals surface area contributed by atoms with Crippen molar-refractivity contribution in [1.82, 2.24) is 10.3 Å². The molecule has 1 N–H and O–H groups in total. The lowest BCUT2D eigenvalue weighted by molar-refractivity contribution is -0.123. The molecule has 2 heterocycles. The summed E-state index contributed by atoms with van der Waals surface area (Å²) in [5, 5.41) is 1.78. The molecule has 5 nitrogen and oxygen atoms in total. The molecule has 0 atom stereocenters. The van der Waals surface area contributed by atoms with Crippen molar-refractivity contribution in [3.8, 4) is 5.88 Å². The number of nitrogens with one attached hydrogen (secondary N) is 1. The minimum atomic E-state index is -4.44. The number of carbonyl (C=O) groups is 1. The summed E-state index contributed by atoms with van der Waals surface area (Å²) in [5.74, 6) is -0.480. The zero-order valence-electron chi connectivity index (χ0n) is 11.2. The highest BCUT2D eigenvalue weighted by Gasteiger charge is 2.28. The first kappa shape index (κ1) is 15.6. The standard InChI is InChI=1S/C13H15F3N2O3/c14-13(15,16)8-18-12(19)9-1-2-11(17-7-9)21-10-3-5-20-6-4-10/h1-2,7,10H,3-6,8H2,(H,18,19). The summed E-state index contributed by atoms with van der Waals surface area (Å²) in [5.41, 5.74) is 0.0542. The predicted octanol–water partition coefficient (Wildman–Crippen LogP) is 1.93. The normalized spacial score (nSPS) is 16.5. The van der Waals surface area contributed by atoms with E-state index in [1.165, 1.54) is 18.3 Å². The van der Waals surface area contributed by atoms with Crippen LogP contribution in [0.15, 0.2) is 18.3 Å². The van der Waals surface area contributed by atoms with Crippen LogP contribution in [0.2, 0.25) is 0 Å². The second kappa shape index (κ2) is 6.75. The molecule has 1 saturated heterocycles. The molecule has 0 saturated carbocycles. The summed E-state index contributed by atoms with van der Waals surface area (Å²) in [7, 11) is 0. The Morgan fingerprint density at radius 3 is 2.67 bits per heavy atom. The third-order valence-electron chi connectivity index (χ3n) is 2.90. The van der Waals surface area contributed by atoms with Crippen LogP contribution in [0.5, 0.6) is 5.88 Å². The topological polar surface area (TPSA) is 60.5 Å². The molecule has 1 aliphatic heterocycles. The molecule has 0 aliphatic carbocycles. The van der Waals surface area contributed by atoms with Crippen molar-refractivity contribution in [2.24, 2.45) is 0 Å². The highest BCUT2D eigenvalue weighted by Crippen LogP contribution is 2.16. The van der Waals surface area contributed by atoms with Crippen molar-refractivity contribution in [3.05, 3.63) is 23.9 Å². The minimum Gasteiger partial charge on any atom is -0.474 e. The zero-order valence-corrected chi connectivity index (χ0v) is 11.2. The highest BCUT2D eigenvalue weighted by atomic mass is 19.4. The van der Waals surface area contributed by atoms with Crippen LogP contribution in [0.1, 0.15) is 23.2 Å². The van der Waals surface area contributed by atoms with Crippen LogP contribution in [-0.2, 0) is 4.74 Å². The van der Waals surface area contributed by atoms with E-state index in [9.17, 15) is 18.0 Å². The fraction of sp³-hybridized carbons (Fsp3) is 0.538. The van der Waals surface area contributed by atoms with E-state index in [0.717, 1.165) is 12.8 Å². The molecule has 1 fully saturated rings. The summed E-state index contributed by atoms with van der Waals surface area (Å²) >= 11 is 0. The van der Waals surface area contributed by atoms with Crippen LogP contribution in [0, 0.1) is 0 Å². The van der Waals surface area contributed by atoms with E-state index in [4.69, 9.17) is 9.47 Å². The number of amides is 1. The van der Waals surface area contributed by atoms with Crippen molar-refractivity contribution < 1.29 is 27.4 Å². The van der Waals surface area contributed by atoms with Gasteiger partial charge in [-0.05, 0) is 6.07 Å². The van der Waals surface area contributed by atoms with E-state index in [1.54, 1.807) is 5.32 Å². The Morgan fingerprint density at radius 1 is 1.38 bits per heavy atom. The van der Waals surface area contributed by atoms with Crippen molar-refractivity contribution in [3.63, 3.8) is 0 Å². The summed E-state index contributed by atoms with van der Waals surface area (Å²) in [6, 6.07) is 2.85. The van der Waals surface area contributed by atoms with Gasteiger partial charge in [0.25, 0.3) is 5.91 Å². The van der Waals surface area contributed by atoms with Gasteiger partial charge in [-0.3, -0.25) is 4.79 Å². The van der Waals surface area contributed by atoms with E-state index in [2.05, 4.69) is 4.98 Å². The average molecular weight is 304 g/mol. The van der Waals surface area contributed by atoms with Gasteiger partial charge in [-0.15, -0.1) is 0 Å². The first-order chi connectivity index (χ1) is 9.94. The first-order valence-electron chi connectivity index (χ1n) is 6.49. The lowest BCUT2D eigenvalue weighted by atomic mass is 10.1. The van der Waals surface area contributed by atoms with Gasteiger partial charge in [0.05, 0.1) is 18.8 Å². The van der Waals surface area contributed by atoms with Gasteiger partial charge in [-0.2, -0.15) is 13.2 Å². The van der Waals surface area contributed by atoms with Gasteiger partial charge in [0.2, 0.25) is 5.88 Å². The molecule has 1 aliphatic rings. The lowest BCUT2D eigenvalue weighted by Crippen LogP contribution is -2.33. The molecular weight excluding hydrogens is 289 g/mol. The van der Waals surface area contributed by atoms with Crippen LogP contribution in [-0.4, -0.2) is 42.9 Å².